The number of amides is 1. The van der Waals surface area contributed by atoms with E-state index in [1.807, 2.05) is 10.9 Å². The van der Waals surface area contributed by atoms with E-state index in [-0.39, 0.29) is 11.2 Å². The van der Waals surface area contributed by atoms with Crippen LogP contribution in [0.15, 0.2) is 24.4 Å². The van der Waals surface area contributed by atoms with Gasteiger partial charge in [-0.05, 0) is 36.1 Å². The maximum atomic E-state index is 12.7. The van der Waals surface area contributed by atoms with Crippen molar-refractivity contribution in [3.63, 3.8) is 0 Å². The number of hydrogen-bond acceptors (Lipinski definition) is 4. The Bertz CT molecular complexity index is 1130. The van der Waals surface area contributed by atoms with Crippen LogP contribution in [0, 0.1) is 6.57 Å². The summed E-state index contributed by atoms with van der Waals surface area (Å²) in [5, 5.41) is 8.27. The molecule has 7 nitrogen and oxygen atoms in total. The van der Waals surface area contributed by atoms with E-state index in [0.717, 1.165) is 23.8 Å². The summed E-state index contributed by atoms with van der Waals surface area (Å²) in [5.41, 5.74) is 2.95. The second-order valence-corrected chi connectivity index (χ2v) is 7.31. The van der Waals surface area contributed by atoms with Gasteiger partial charge in [-0.1, -0.05) is 25.0 Å². The lowest BCUT2D eigenvalue weighted by Crippen LogP contribution is -2.15. The second-order valence-electron chi connectivity index (χ2n) is 6.97. The van der Waals surface area contributed by atoms with E-state index in [0.29, 0.717) is 28.8 Å². The van der Waals surface area contributed by atoms with E-state index in [4.69, 9.17) is 18.2 Å². The smallest absolute Gasteiger partial charge is 0.238 e. The van der Waals surface area contributed by atoms with Crippen molar-refractivity contribution in [1.29, 1.82) is 0 Å². The van der Waals surface area contributed by atoms with Crippen LogP contribution in [0.2, 0.25) is 5.28 Å². The summed E-state index contributed by atoms with van der Waals surface area (Å²) in [6, 6.07) is 5.52. The Balaban J connectivity index is 1.69. The standard InChI is InChI=1S/C19H15ClN6O/c1-21-10-6-7-14-12(8-10)15(18(27)22-14)16-13-9-26(11-4-2-3-5-11)25-17(13)24-19(20)23-16/h6-9,11,15H,2-5H2,(H,22,27). The van der Waals surface area contributed by atoms with E-state index in [1.54, 1.807) is 18.2 Å². The van der Waals surface area contributed by atoms with Gasteiger partial charge in [0.25, 0.3) is 0 Å². The molecule has 2 aromatic heterocycles. The van der Waals surface area contributed by atoms with Crippen LogP contribution < -0.4 is 5.32 Å². The SMILES string of the molecule is [C-]#[N+]c1ccc2c(c1)C(c1nc(Cl)nc3nn(C4CCCC4)cc13)C(=O)N2. The van der Waals surface area contributed by atoms with Crippen LogP contribution in [0.4, 0.5) is 11.4 Å². The first-order valence-corrected chi connectivity index (χ1v) is 9.26. The molecule has 1 saturated carbocycles. The largest absolute Gasteiger partial charge is 0.325 e. The van der Waals surface area contributed by atoms with Crippen molar-refractivity contribution in [3.05, 3.63) is 52.4 Å². The van der Waals surface area contributed by atoms with E-state index in [9.17, 15) is 4.79 Å². The summed E-state index contributed by atoms with van der Waals surface area (Å²) in [7, 11) is 0. The number of benzene rings is 1. The normalized spacial score (nSPS) is 19.3. The number of halogens is 1. The highest BCUT2D eigenvalue weighted by atomic mass is 35.5. The van der Waals surface area contributed by atoms with E-state index in [2.05, 4.69) is 25.2 Å². The number of nitrogens with zero attached hydrogens (tertiary/aromatic N) is 5. The number of hydrogen-bond donors (Lipinski definition) is 1. The van der Waals surface area contributed by atoms with Crippen LogP contribution >= 0.6 is 11.6 Å². The molecule has 1 unspecified atom stereocenters. The molecule has 3 heterocycles. The van der Waals surface area contributed by atoms with Crippen molar-refractivity contribution in [2.45, 2.75) is 37.6 Å². The quantitative estimate of drug-likeness (QED) is 0.534. The number of rotatable bonds is 2. The molecule has 2 aliphatic rings. The van der Waals surface area contributed by atoms with Gasteiger partial charge in [-0.25, -0.2) is 9.83 Å². The molecular formula is C19H15ClN6O. The molecule has 1 atom stereocenters. The molecule has 3 aromatic rings. The van der Waals surface area contributed by atoms with Crippen LogP contribution in [-0.4, -0.2) is 25.7 Å². The van der Waals surface area contributed by atoms with Gasteiger partial charge in [-0.3, -0.25) is 9.48 Å². The molecule has 0 spiro atoms. The monoisotopic (exact) mass is 378 g/mol. The Hall–Kier alpha value is -2.98. The molecule has 27 heavy (non-hydrogen) atoms. The Labute approximate surface area is 160 Å². The molecular weight excluding hydrogens is 364 g/mol. The molecule has 0 radical (unpaired) electrons. The highest BCUT2D eigenvalue weighted by Gasteiger charge is 2.35. The van der Waals surface area contributed by atoms with Crippen molar-refractivity contribution in [2.24, 2.45) is 0 Å². The highest BCUT2D eigenvalue weighted by molar-refractivity contribution is 6.28. The number of aromatic nitrogens is 4. The van der Waals surface area contributed by atoms with Crippen molar-refractivity contribution in [2.75, 3.05) is 5.32 Å². The van der Waals surface area contributed by atoms with Gasteiger partial charge in [0.2, 0.25) is 11.2 Å². The third-order valence-electron chi connectivity index (χ3n) is 5.37. The first-order valence-electron chi connectivity index (χ1n) is 8.88. The molecule has 1 fully saturated rings. The summed E-state index contributed by atoms with van der Waals surface area (Å²) in [5.74, 6) is -0.817. The van der Waals surface area contributed by atoms with Gasteiger partial charge in [0.1, 0.15) is 5.92 Å². The minimum Gasteiger partial charge on any atom is -0.325 e. The van der Waals surface area contributed by atoms with Gasteiger partial charge < -0.3 is 5.32 Å². The van der Waals surface area contributed by atoms with E-state index < -0.39 is 5.92 Å². The molecule has 0 bridgehead atoms. The van der Waals surface area contributed by atoms with Gasteiger partial charge in [-0.2, -0.15) is 10.1 Å². The molecule has 1 N–H and O–H groups in total. The van der Waals surface area contributed by atoms with Crippen molar-refractivity contribution in [3.8, 4) is 0 Å². The molecule has 1 aliphatic carbocycles. The predicted octanol–water partition coefficient (Wildman–Crippen LogP) is 4.23. The Morgan fingerprint density at radius 3 is 2.85 bits per heavy atom. The van der Waals surface area contributed by atoms with Crippen molar-refractivity contribution < 1.29 is 4.79 Å². The van der Waals surface area contributed by atoms with Crippen molar-refractivity contribution in [1.82, 2.24) is 19.7 Å². The minimum absolute atomic E-state index is 0.0664. The molecule has 8 heteroatoms. The third kappa shape index (κ3) is 2.56. The maximum Gasteiger partial charge on any atom is 0.238 e. The molecule has 5 rings (SSSR count). The lowest BCUT2D eigenvalue weighted by atomic mass is 9.95. The predicted molar refractivity (Wildman–Crippen MR) is 101 cm³/mol. The summed E-state index contributed by atoms with van der Waals surface area (Å²) in [4.78, 5) is 24.9. The zero-order valence-electron chi connectivity index (χ0n) is 14.3. The summed E-state index contributed by atoms with van der Waals surface area (Å²) >= 11 is 6.15. The number of nitrogens with one attached hydrogen (secondary N) is 1. The Morgan fingerprint density at radius 2 is 2.07 bits per heavy atom. The second kappa shape index (κ2) is 6.03. The number of fused-ring (bicyclic) bond motifs is 2. The zero-order chi connectivity index (χ0) is 18.5. The van der Waals surface area contributed by atoms with Gasteiger partial charge in [-0.15, -0.1) is 0 Å². The maximum absolute atomic E-state index is 12.7. The van der Waals surface area contributed by atoms with Gasteiger partial charge in [0.05, 0.1) is 23.7 Å². The van der Waals surface area contributed by atoms with Crippen molar-refractivity contribution >= 4 is 39.9 Å². The minimum atomic E-state index is -0.633. The lowest BCUT2D eigenvalue weighted by Gasteiger charge is -2.10. The van der Waals surface area contributed by atoms with Crippen LogP contribution in [0.1, 0.15) is 48.9 Å². The first-order chi connectivity index (χ1) is 13.1. The van der Waals surface area contributed by atoms with Crippen LogP contribution in [0.25, 0.3) is 15.9 Å². The summed E-state index contributed by atoms with van der Waals surface area (Å²) in [6.45, 7) is 7.25. The summed E-state index contributed by atoms with van der Waals surface area (Å²) < 4.78 is 1.94. The average molecular weight is 379 g/mol. The number of carbonyl (C=O) groups excluding carboxylic acids is 1. The average Bonchev–Trinajstić information content (AvgIpc) is 3.37. The zero-order valence-corrected chi connectivity index (χ0v) is 15.1. The fourth-order valence-electron chi connectivity index (χ4n) is 4.08. The fraction of sp³-hybridized carbons (Fsp3) is 0.316. The van der Waals surface area contributed by atoms with E-state index in [1.165, 1.54) is 12.8 Å². The topological polar surface area (TPSA) is 77.1 Å². The highest BCUT2D eigenvalue weighted by Crippen LogP contribution is 2.41. The third-order valence-corrected chi connectivity index (χ3v) is 5.54. The number of anilines is 1. The molecule has 1 aromatic carbocycles. The Morgan fingerprint density at radius 1 is 1.26 bits per heavy atom. The Kier molecular flexibility index (Phi) is 3.62. The van der Waals surface area contributed by atoms with Gasteiger partial charge >= 0.3 is 0 Å². The molecule has 134 valence electrons. The molecule has 1 aliphatic heterocycles. The first kappa shape index (κ1) is 16.2. The van der Waals surface area contributed by atoms with Gasteiger partial charge in [0, 0.05) is 11.9 Å². The van der Waals surface area contributed by atoms with E-state index >= 15 is 0 Å². The molecule has 1 amide bonds. The molecule has 0 saturated heterocycles. The van der Waals surface area contributed by atoms with Crippen LogP contribution in [-0.2, 0) is 4.79 Å². The number of carbonyl (C=O) groups is 1. The van der Waals surface area contributed by atoms with Gasteiger partial charge in [0.15, 0.2) is 11.3 Å². The fourth-order valence-corrected chi connectivity index (χ4v) is 4.25. The lowest BCUT2D eigenvalue weighted by molar-refractivity contribution is -0.116. The summed E-state index contributed by atoms with van der Waals surface area (Å²) in [6.07, 6.45) is 6.49. The van der Waals surface area contributed by atoms with Crippen LogP contribution in [0.5, 0.6) is 0 Å². The van der Waals surface area contributed by atoms with Crippen LogP contribution in [0.3, 0.4) is 0 Å².